The summed E-state index contributed by atoms with van der Waals surface area (Å²) in [5.74, 6) is 0.992. The highest BCUT2D eigenvalue weighted by Crippen LogP contribution is 2.32. The molecule has 3 rings (SSSR count). The summed E-state index contributed by atoms with van der Waals surface area (Å²) >= 11 is 0. The van der Waals surface area contributed by atoms with E-state index in [1.54, 1.807) is 7.11 Å². The Hall–Kier alpha value is -1.02. The highest BCUT2D eigenvalue weighted by molar-refractivity contribution is 5.37. The molecule has 0 N–H and O–H groups in total. The van der Waals surface area contributed by atoms with Crippen LogP contribution in [0, 0.1) is 0 Å². The van der Waals surface area contributed by atoms with Crippen LogP contribution in [0.25, 0.3) is 0 Å². The average molecular weight is 203 g/mol. The Balaban J connectivity index is 1.85. The Morgan fingerprint density at radius 1 is 1.27 bits per heavy atom. The largest absolute Gasteiger partial charge is 0.497 e. The molecule has 2 nitrogen and oxygen atoms in total. The number of nitrogens with zero attached hydrogens (tertiary/aromatic N) is 1. The van der Waals surface area contributed by atoms with Crippen LogP contribution in [-0.2, 0) is 13.0 Å². The Bertz CT molecular complexity index is 371. The van der Waals surface area contributed by atoms with Crippen LogP contribution >= 0.6 is 0 Å². The van der Waals surface area contributed by atoms with Gasteiger partial charge >= 0.3 is 0 Å². The van der Waals surface area contributed by atoms with Gasteiger partial charge in [-0.2, -0.15) is 0 Å². The molecule has 0 amide bonds. The SMILES string of the molecule is COc1ccc2c(c1)CN(C1CC1)CC2. The fraction of sp³-hybridized carbons (Fsp3) is 0.538. The summed E-state index contributed by atoms with van der Waals surface area (Å²) in [5, 5.41) is 0. The molecule has 2 aliphatic rings. The smallest absolute Gasteiger partial charge is 0.119 e. The summed E-state index contributed by atoms with van der Waals surface area (Å²) in [6.45, 7) is 2.36. The minimum atomic E-state index is 0.879. The fourth-order valence-electron chi connectivity index (χ4n) is 2.43. The molecule has 2 heteroatoms. The summed E-state index contributed by atoms with van der Waals surface area (Å²) in [6.07, 6.45) is 4.01. The standard InChI is InChI=1S/C13H17NO/c1-15-13-5-2-10-6-7-14(12-3-4-12)9-11(10)8-13/h2,5,8,12H,3-4,6-7,9H2,1H3. The first-order valence-corrected chi connectivity index (χ1v) is 5.76. The lowest BCUT2D eigenvalue weighted by molar-refractivity contribution is 0.243. The van der Waals surface area contributed by atoms with E-state index in [0.717, 1.165) is 18.3 Å². The van der Waals surface area contributed by atoms with Gasteiger partial charge in [0.2, 0.25) is 0 Å². The van der Waals surface area contributed by atoms with Crippen LogP contribution in [0.4, 0.5) is 0 Å². The van der Waals surface area contributed by atoms with Crippen LogP contribution in [0.1, 0.15) is 24.0 Å². The first kappa shape index (κ1) is 9.22. The van der Waals surface area contributed by atoms with Crippen LogP contribution < -0.4 is 4.74 Å². The predicted molar refractivity (Wildman–Crippen MR) is 60.1 cm³/mol. The normalized spacial score (nSPS) is 21.1. The van der Waals surface area contributed by atoms with E-state index >= 15 is 0 Å². The molecule has 80 valence electrons. The highest BCUT2D eigenvalue weighted by atomic mass is 16.5. The molecule has 0 spiro atoms. The van der Waals surface area contributed by atoms with E-state index < -0.39 is 0 Å². The van der Waals surface area contributed by atoms with E-state index in [-0.39, 0.29) is 0 Å². The predicted octanol–water partition coefficient (Wildman–Crippen LogP) is 2.22. The van der Waals surface area contributed by atoms with E-state index in [1.165, 1.54) is 36.9 Å². The number of ether oxygens (including phenoxy) is 1. The molecule has 0 radical (unpaired) electrons. The fourth-order valence-corrected chi connectivity index (χ4v) is 2.43. The molecule has 1 aromatic carbocycles. The summed E-state index contributed by atoms with van der Waals surface area (Å²) in [4.78, 5) is 2.61. The van der Waals surface area contributed by atoms with E-state index in [2.05, 4.69) is 23.1 Å². The van der Waals surface area contributed by atoms with Gasteiger partial charge in [0.1, 0.15) is 5.75 Å². The van der Waals surface area contributed by atoms with Crippen LogP contribution in [-0.4, -0.2) is 24.6 Å². The second-order valence-electron chi connectivity index (χ2n) is 4.59. The van der Waals surface area contributed by atoms with Crippen molar-refractivity contribution < 1.29 is 4.74 Å². The van der Waals surface area contributed by atoms with Crippen molar-refractivity contribution in [3.05, 3.63) is 29.3 Å². The molecule has 0 aromatic heterocycles. The lowest BCUT2D eigenvalue weighted by Gasteiger charge is -2.28. The maximum Gasteiger partial charge on any atom is 0.119 e. The van der Waals surface area contributed by atoms with Gasteiger partial charge in [0.05, 0.1) is 7.11 Å². The van der Waals surface area contributed by atoms with Gasteiger partial charge in [0, 0.05) is 19.1 Å². The maximum atomic E-state index is 5.27. The van der Waals surface area contributed by atoms with Crippen molar-refractivity contribution in [2.24, 2.45) is 0 Å². The Morgan fingerprint density at radius 2 is 2.13 bits per heavy atom. The monoisotopic (exact) mass is 203 g/mol. The Labute approximate surface area is 90.8 Å². The molecule has 0 bridgehead atoms. The molecule has 1 saturated carbocycles. The maximum absolute atomic E-state index is 5.27. The van der Waals surface area contributed by atoms with E-state index in [9.17, 15) is 0 Å². The summed E-state index contributed by atoms with van der Waals surface area (Å²) in [5.41, 5.74) is 2.97. The van der Waals surface area contributed by atoms with Gasteiger partial charge in [-0.15, -0.1) is 0 Å². The van der Waals surface area contributed by atoms with Crippen LogP contribution in [0.2, 0.25) is 0 Å². The molecule has 1 aliphatic heterocycles. The lowest BCUT2D eigenvalue weighted by atomic mass is 9.99. The average Bonchev–Trinajstić information content (AvgIpc) is 3.11. The van der Waals surface area contributed by atoms with Crippen molar-refractivity contribution in [2.75, 3.05) is 13.7 Å². The summed E-state index contributed by atoms with van der Waals surface area (Å²) < 4.78 is 5.27. The van der Waals surface area contributed by atoms with Gasteiger partial charge in [-0.05, 0) is 42.5 Å². The van der Waals surface area contributed by atoms with Gasteiger partial charge in [-0.25, -0.2) is 0 Å². The number of benzene rings is 1. The Kier molecular flexibility index (Phi) is 2.17. The zero-order valence-electron chi connectivity index (χ0n) is 9.20. The molecule has 0 saturated heterocycles. The minimum absolute atomic E-state index is 0.879. The van der Waals surface area contributed by atoms with Gasteiger partial charge in [0.25, 0.3) is 0 Å². The second-order valence-corrected chi connectivity index (χ2v) is 4.59. The number of methoxy groups -OCH3 is 1. The van der Waals surface area contributed by atoms with Gasteiger partial charge < -0.3 is 4.74 Å². The zero-order valence-corrected chi connectivity index (χ0v) is 9.20. The number of fused-ring (bicyclic) bond motifs is 1. The van der Waals surface area contributed by atoms with Crippen LogP contribution in [0.15, 0.2) is 18.2 Å². The lowest BCUT2D eigenvalue weighted by Crippen LogP contribution is -2.32. The number of hydrogen-bond acceptors (Lipinski definition) is 2. The molecule has 0 unspecified atom stereocenters. The summed E-state index contributed by atoms with van der Waals surface area (Å²) in [6, 6.07) is 7.37. The molecule has 1 fully saturated rings. The molecule has 1 aromatic rings. The third-order valence-electron chi connectivity index (χ3n) is 3.52. The van der Waals surface area contributed by atoms with E-state index in [0.29, 0.717) is 0 Å². The van der Waals surface area contributed by atoms with Gasteiger partial charge in [-0.3, -0.25) is 4.90 Å². The van der Waals surface area contributed by atoms with E-state index in [4.69, 9.17) is 4.74 Å². The quantitative estimate of drug-likeness (QED) is 0.730. The van der Waals surface area contributed by atoms with Crippen molar-refractivity contribution in [2.45, 2.75) is 31.8 Å². The van der Waals surface area contributed by atoms with Gasteiger partial charge in [0.15, 0.2) is 0 Å². The highest BCUT2D eigenvalue weighted by Gasteiger charge is 2.31. The van der Waals surface area contributed by atoms with Crippen molar-refractivity contribution >= 4 is 0 Å². The molecular weight excluding hydrogens is 186 g/mol. The zero-order chi connectivity index (χ0) is 10.3. The second kappa shape index (κ2) is 3.53. The first-order chi connectivity index (χ1) is 7.36. The van der Waals surface area contributed by atoms with Gasteiger partial charge in [-0.1, -0.05) is 6.07 Å². The van der Waals surface area contributed by atoms with E-state index in [1.807, 2.05) is 0 Å². The summed E-state index contributed by atoms with van der Waals surface area (Å²) in [7, 11) is 1.74. The first-order valence-electron chi connectivity index (χ1n) is 5.76. The van der Waals surface area contributed by atoms with Crippen molar-refractivity contribution in [1.82, 2.24) is 4.90 Å². The topological polar surface area (TPSA) is 12.5 Å². The molecular formula is C13H17NO. The van der Waals surface area contributed by atoms with Crippen molar-refractivity contribution in [1.29, 1.82) is 0 Å². The number of hydrogen-bond donors (Lipinski definition) is 0. The van der Waals surface area contributed by atoms with Crippen molar-refractivity contribution in [3.63, 3.8) is 0 Å². The molecule has 15 heavy (non-hydrogen) atoms. The molecule has 1 aliphatic carbocycles. The molecule has 1 heterocycles. The third kappa shape index (κ3) is 1.74. The van der Waals surface area contributed by atoms with Crippen molar-refractivity contribution in [3.8, 4) is 5.75 Å². The third-order valence-corrected chi connectivity index (χ3v) is 3.52. The Morgan fingerprint density at radius 3 is 2.87 bits per heavy atom. The minimum Gasteiger partial charge on any atom is -0.497 e. The van der Waals surface area contributed by atoms with Crippen LogP contribution in [0.3, 0.4) is 0 Å². The molecule has 0 atom stereocenters. The number of rotatable bonds is 2. The van der Waals surface area contributed by atoms with Crippen LogP contribution in [0.5, 0.6) is 5.75 Å².